The molecule has 3 amide bonds. The molecule has 198 valence electrons. The quantitative estimate of drug-likeness (QED) is 0.364. The maximum atomic E-state index is 13.9. The zero-order valence-electron chi connectivity index (χ0n) is 23.1. The van der Waals surface area contributed by atoms with Crippen LogP contribution in [0, 0.1) is 5.92 Å². The summed E-state index contributed by atoms with van der Waals surface area (Å²) in [5.41, 5.74) is 1.24. The van der Waals surface area contributed by atoms with Gasteiger partial charge >= 0.3 is 6.09 Å². The first kappa shape index (κ1) is 30.5. The fourth-order valence-corrected chi connectivity index (χ4v) is 3.83. The average Bonchev–Trinajstić information content (AvgIpc) is 2.78. The van der Waals surface area contributed by atoms with E-state index in [0.29, 0.717) is 19.5 Å². The van der Waals surface area contributed by atoms with Gasteiger partial charge in [0, 0.05) is 13.1 Å². The van der Waals surface area contributed by atoms with Gasteiger partial charge in [0.1, 0.15) is 17.7 Å². The van der Waals surface area contributed by atoms with Crippen molar-refractivity contribution < 1.29 is 19.1 Å². The summed E-state index contributed by atoms with van der Waals surface area (Å²) in [5, 5.41) is 5.78. The van der Waals surface area contributed by atoms with Crippen LogP contribution in [0.2, 0.25) is 0 Å². The molecular weight excluding hydrogens is 442 g/mol. The molecule has 0 spiro atoms. The van der Waals surface area contributed by atoms with Gasteiger partial charge in [0.05, 0.1) is 0 Å². The molecule has 1 rings (SSSR count). The van der Waals surface area contributed by atoms with Crippen molar-refractivity contribution in [2.24, 2.45) is 5.92 Å². The first-order chi connectivity index (χ1) is 16.4. The molecule has 0 aromatic heterocycles. The first-order valence-corrected chi connectivity index (χ1v) is 13.1. The Bertz CT molecular complexity index is 799. The third-order valence-corrected chi connectivity index (χ3v) is 5.70. The Balaban J connectivity index is 3.33. The van der Waals surface area contributed by atoms with Crippen molar-refractivity contribution in [3.63, 3.8) is 0 Å². The summed E-state index contributed by atoms with van der Waals surface area (Å²) < 4.78 is 5.40. The van der Waals surface area contributed by atoms with Crippen molar-refractivity contribution in [2.45, 2.75) is 105 Å². The molecule has 2 atom stereocenters. The van der Waals surface area contributed by atoms with Gasteiger partial charge in [0.15, 0.2) is 0 Å². The number of amides is 3. The van der Waals surface area contributed by atoms with Gasteiger partial charge in [-0.3, -0.25) is 9.59 Å². The zero-order chi connectivity index (χ0) is 26.6. The zero-order valence-corrected chi connectivity index (χ0v) is 23.1. The molecule has 0 aliphatic carbocycles. The summed E-state index contributed by atoms with van der Waals surface area (Å²) in [7, 11) is 0. The maximum Gasteiger partial charge on any atom is 0.408 e. The van der Waals surface area contributed by atoms with Crippen LogP contribution in [-0.4, -0.2) is 47.5 Å². The van der Waals surface area contributed by atoms with Crippen molar-refractivity contribution in [3.8, 4) is 0 Å². The van der Waals surface area contributed by atoms with Crippen LogP contribution in [-0.2, 0) is 20.7 Å². The number of ether oxygens (including phenoxy) is 1. The molecule has 0 saturated carbocycles. The Labute approximate surface area is 212 Å². The van der Waals surface area contributed by atoms with Crippen LogP contribution in [0.3, 0.4) is 0 Å². The van der Waals surface area contributed by atoms with Gasteiger partial charge in [-0.2, -0.15) is 0 Å². The SMILES string of the molecule is CCCCCNC(=O)C(c1ccc(CC)cc1)N(CCC)C(=O)C(NC(=O)OC(C)(C)C)C(C)C. The number of aryl methyl sites for hydroxylation is 1. The third-order valence-electron chi connectivity index (χ3n) is 5.70. The van der Waals surface area contributed by atoms with Gasteiger partial charge in [0.2, 0.25) is 11.8 Å². The minimum Gasteiger partial charge on any atom is -0.444 e. The third kappa shape index (κ3) is 10.3. The molecule has 0 heterocycles. The number of hydrogen-bond acceptors (Lipinski definition) is 4. The Morgan fingerprint density at radius 3 is 2.09 bits per heavy atom. The molecule has 0 saturated heterocycles. The van der Waals surface area contributed by atoms with Gasteiger partial charge < -0.3 is 20.3 Å². The summed E-state index contributed by atoms with van der Waals surface area (Å²) in [4.78, 5) is 41.5. The van der Waals surface area contributed by atoms with E-state index in [4.69, 9.17) is 4.74 Å². The number of nitrogens with one attached hydrogen (secondary N) is 2. The van der Waals surface area contributed by atoms with Crippen molar-refractivity contribution in [1.29, 1.82) is 0 Å². The molecule has 0 fully saturated rings. The van der Waals surface area contributed by atoms with Gasteiger partial charge in [0.25, 0.3) is 0 Å². The lowest BCUT2D eigenvalue weighted by atomic mass is 9.97. The van der Waals surface area contributed by atoms with Gasteiger partial charge in [-0.05, 0) is 57.1 Å². The number of unbranched alkanes of at least 4 members (excludes halogenated alkanes) is 2. The number of carbonyl (C=O) groups is 3. The number of nitrogens with zero attached hydrogens (tertiary/aromatic N) is 1. The fraction of sp³-hybridized carbons (Fsp3) is 0.679. The number of rotatable bonds is 13. The van der Waals surface area contributed by atoms with Crippen LogP contribution in [0.25, 0.3) is 0 Å². The Morgan fingerprint density at radius 1 is 0.971 bits per heavy atom. The van der Waals surface area contributed by atoms with Crippen molar-refractivity contribution in [2.75, 3.05) is 13.1 Å². The lowest BCUT2D eigenvalue weighted by Gasteiger charge is -2.35. The largest absolute Gasteiger partial charge is 0.444 e. The van der Waals surface area contributed by atoms with E-state index < -0.39 is 23.8 Å². The van der Waals surface area contributed by atoms with Crippen molar-refractivity contribution in [3.05, 3.63) is 35.4 Å². The molecule has 35 heavy (non-hydrogen) atoms. The molecule has 0 radical (unpaired) electrons. The average molecular weight is 490 g/mol. The lowest BCUT2D eigenvalue weighted by Crippen LogP contribution is -2.55. The molecule has 7 heteroatoms. The number of benzene rings is 1. The van der Waals surface area contributed by atoms with E-state index in [0.717, 1.165) is 36.8 Å². The minimum absolute atomic E-state index is 0.190. The Hall–Kier alpha value is -2.57. The predicted octanol–water partition coefficient (Wildman–Crippen LogP) is 5.38. The van der Waals surface area contributed by atoms with Crippen LogP contribution in [0.5, 0.6) is 0 Å². The second-order valence-corrected chi connectivity index (χ2v) is 10.4. The lowest BCUT2D eigenvalue weighted by molar-refractivity contribution is -0.143. The van der Waals surface area contributed by atoms with Crippen LogP contribution in [0.15, 0.2) is 24.3 Å². The second kappa shape index (κ2) is 14.7. The van der Waals surface area contributed by atoms with Crippen molar-refractivity contribution >= 4 is 17.9 Å². The molecule has 2 unspecified atom stereocenters. The molecule has 1 aromatic rings. The summed E-state index contributed by atoms with van der Waals surface area (Å²) in [6, 6.07) is 6.26. The van der Waals surface area contributed by atoms with Gasteiger partial charge in [-0.15, -0.1) is 0 Å². The Kier molecular flexibility index (Phi) is 12.8. The number of alkyl carbamates (subject to hydrolysis) is 1. The number of carbonyl (C=O) groups excluding carboxylic acids is 3. The topological polar surface area (TPSA) is 87.7 Å². The van der Waals surface area contributed by atoms with E-state index in [-0.39, 0.29) is 17.7 Å². The van der Waals surface area contributed by atoms with Crippen LogP contribution < -0.4 is 10.6 Å². The molecule has 2 N–H and O–H groups in total. The molecule has 0 bridgehead atoms. The summed E-state index contributed by atoms with van der Waals surface area (Å²) >= 11 is 0. The molecule has 7 nitrogen and oxygen atoms in total. The monoisotopic (exact) mass is 489 g/mol. The van der Waals surface area contributed by atoms with E-state index in [1.807, 2.05) is 45.0 Å². The smallest absolute Gasteiger partial charge is 0.408 e. The standard InChI is InChI=1S/C28H47N3O4/c1-9-12-13-18-29-25(32)24(22-16-14-21(11-3)15-17-22)31(19-10-2)26(33)23(20(4)5)30-27(34)35-28(6,7)8/h14-17,20,23-24H,9-13,18-19H2,1-8H3,(H,29,32)(H,30,34). The molecule has 1 aromatic carbocycles. The highest BCUT2D eigenvalue weighted by Gasteiger charge is 2.37. The van der Waals surface area contributed by atoms with E-state index in [1.165, 1.54) is 0 Å². The minimum atomic E-state index is -0.818. The van der Waals surface area contributed by atoms with Crippen LogP contribution in [0.1, 0.15) is 98.2 Å². The fourth-order valence-electron chi connectivity index (χ4n) is 3.83. The molecular formula is C28H47N3O4. The van der Waals surface area contributed by atoms with Gasteiger partial charge in [-0.1, -0.05) is 71.7 Å². The van der Waals surface area contributed by atoms with E-state index in [1.54, 1.807) is 25.7 Å². The van der Waals surface area contributed by atoms with E-state index in [9.17, 15) is 14.4 Å². The number of hydrogen-bond donors (Lipinski definition) is 2. The summed E-state index contributed by atoms with van der Waals surface area (Å²) in [6.45, 7) is 16.2. The highest BCUT2D eigenvalue weighted by molar-refractivity contribution is 5.92. The second-order valence-electron chi connectivity index (χ2n) is 10.4. The first-order valence-electron chi connectivity index (χ1n) is 13.1. The summed E-state index contributed by atoms with van der Waals surface area (Å²) in [6.07, 6.45) is 3.90. The Morgan fingerprint density at radius 2 is 1.60 bits per heavy atom. The van der Waals surface area contributed by atoms with Crippen molar-refractivity contribution in [1.82, 2.24) is 15.5 Å². The van der Waals surface area contributed by atoms with Gasteiger partial charge in [-0.25, -0.2) is 4.79 Å². The highest BCUT2D eigenvalue weighted by atomic mass is 16.6. The summed E-state index contributed by atoms with van der Waals surface area (Å²) in [5.74, 6) is -0.682. The molecule has 0 aliphatic heterocycles. The predicted molar refractivity (Wildman–Crippen MR) is 141 cm³/mol. The molecule has 0 aliphatic rings. The van der Waals surface area contributed by atoms with E-state index >= 15 is 0 Å². The normalized spacial score (nSPS) is 13.2. The van der Waals surface area contributed by atoms with Crippen LogP contribution in [0.4, 0.5) is 4.79 Å². The van der Waals surface area contributed by atoms with E-state index in [2.05, 4.69) is 24.5 Å². The maximum absolute atomic E-state index is 13.9. The van der Waals surface area contributed by atoms with Crippen LogP contribution >= 0.6 is 0 Å². The highest BCUT2D eigenvalue weighted by Crippen LogP contribution is 2.25.